The molecule has 0 unspecified atom stereocenters. The fourth-order valence-electron chi connectivity index (χ4n) is 2.90. The summed E-state index contributed by atoms with van der Waals surface area (Å²) in [5, 5.41) is 22.4. The third kappa shape index (κ3) is 5.60. The van der Waals surface area contributed by atoms with E-state index >= 15 is 0 Å². The molecule has 1 aromatic heterocycles. The van der Waals surface area contributed by atoms with Gasteiger partial charge >= 0.3 is 12.1 Å². The summed E-state index contributed by atoms with van der Waals surface area (Å²) < 4.78 is 38.7. The molecule has 0 amide bonds. The Balaban J connectivity index is 1.51. The van der Waals surface area contributed by atoms with E-state index in [4.69, 9.17) is 5.11 Å². The number of carboxylic acid groups (broad SMARTS) is 1. The normalized spacial score (nSPS) is 11.6. The first-order valence-corrected chi connectivity index (χ1v) is 10.4. The van der Waals surface area contributed by atoms with Crippen molar-refractivity contribution < 1.29 is 23.1 Å². The van der Waals surface area contributed by atoms with E-state index in [0.717, 1.165) is 17.7 Å². The summed E-state index contributed by atoms with van der Waals surface area (Å²) in [4.78, 5) is 15.5. The highest BCUT2D eigenvalue weighted by Crippen LogP contribution is 2.33. The number of thiazole rings is 1. The molecule has 0 aliphatic rings. The van der Waals surface area contributed by atoms with Crippen LogP contribution in [0.25, 0.3) is 11.3 Å². The number of carboxylic acids is 1. The standard InChI is InChI=1S/C23H15F3N4O2S/c24-23(25,26)16-6-3-7-17(12-16)27-22-28-20(13-33-22)14-4-1-8-18(10-14)29-30-19-9-2-5-15(11-19)21(31)32/h1-13H,(H,27,28)(H,31,32). The molecule has 166 valence electrons. The number of aromatic carboxylic acids is 1. The second kappa shape index (κ2) is 9.21. The molecule has 3 aromatic carbocycles. The maximum Gasteiger partial charge on any atom is 0.416 e. The summed E-state index contributed by atoms with van der Waals surface area (Å²) in [5.41, 5.74) is 1.98. The fraction of sp³-hybridized carbons (Fsp3) is 0.0435. The SMILES string of the molecule is O=C(O)c1cccc(N=Nc2cccc(-c3csc(Nc4cccc(C(F)(F)F)c4)n3)c2)c1. The Labute approximate surface area is 190 Å². The number of halogens is 3. The molecule has 33 heavy (non-hydrogen) atoms. The van der Waals surface area contributed by atoms with Crippen molar-refractivity contribution in [1.29, 1.82) is 0 Å². The van der Waals surface area contributed by atoms with Gasteiger partial charge in [0.25, 0.3) is 0 Å². The van der Waals surface area contributed by atoms with Crippen molar-refractivity contribution in [3.8, 4) is 11.3 Å². The van der Waals surface area contributed by atoms with Gasteiger partial charge < -0.3 is 10.4 Å². The van der Waals surface area contributed by atoms with Crippen LogP contribution in [0.3, 0.4) is 0 Å². The Morgan fingerprint density at radius 1 is 0.939 bits per heavy atom. The predicted molar refractivity (Wildman–Crippen MR) is 120 cm³/mol. The first-order valence-electron chi connectivity index (χ1n) is 9.53. The topological polar surface area (TPSA) is 86.9 Å². The van der Waals surface area contributed by atoms with Gasteiger partial charge in [-0.15, -0.1) is 11.3 Å². The smallest absolute Gasteiger partial charge is 0.416 e. The van der Waals surface area contributed by atoms with Crippen LogP contribution in [0.5, 0.6) is 0 Å². The zero-order valence-electron chi connectivity index (χ0n) is 16.7. The zero-order valence-corrected chi connectivity index (χ0v) is 17.6. The van der Waals surface area contributed by atoms with Crippen molar-refractivity contribution >= 4 is 39.5 Å². The van der Waals surface area contributed by atoms with Crippen LogP contribution in [-0.2, 0) is 6.18 Å². The largest absolute Gasteiger partial charge is 0.478 e. The van der Waals surface area contributed by atoms with Gasteiger partial charge in [0.1, 0.15) is 0 Å². The van der Waals surface area contributed by atoms with Gasteiger partial charge in [-0.3, -0.25) is 0 Å². The van der Waals surface area contributed by atoms with Gasteiger partial charge in [0.2, 0.25) is 0 Å². The monoisotopic (exact) mass is 468 g/mol. The Kier molecular flexibility index (Phi) is 6.18. The first kappa shape index (κ1) is 22.2. The van der Waals surface area contributed by atoms with E-state index in [9.17, 15) is 18.0 Å². The molecule has 0 saturated carbocycles. The molecule has 0 aliphatic heterocycles. The predicted octanol–water partition coefficient (Wildman–Crippen LogP) is 7.69. The van der Waals surface area contributed by atoms with E-state index in [1.54, 1.807) is 35.7 Å². The summed E-state index contributed by atoms with van der Waals surface area (Å²) >= 11 is 1.26. The third-order valence-electron chi connectivity index (χ3n) is 4.46. The number of aromatic nitrogens is 1. The number of alkyl halides is 3. The molecule has 6 nitrogen and oxygen atoms in total. The molecular weight excluding hydrogens is 453 g/mol. The summed E-state index contributed by atoms with van der Waals surface area (Å²) in [6.45, 7) is 0. The lowest BCUT2D eigenvalue weighted by Crippen LogP contribution is -2.05. The number of azo groups is 1. The van der Waals surface area contributed by atoms with Gasteiger partial charge in [-0.1, -0.05) is 24.3 Å². The van der Waals surface area contributed by atoms with Gasteiger partial charge in [-0.25, -0.2) is 9.78 Å². The molecule has 0 fully saturated rings. The number of anilines is 2. The minimum absolute atomic E-state index is 0.114. The highest BCUT2D eigenvalue weighted by Gasteiger charge is 2.30. The molecule has 0 radical (unpaired) electrons. The average molecular weight is 468 g/mol. The van der Waals surface area contributed by atoms with Gasteiger partial charge in [0.05, 0.1) is 28.2 Å². The molecule has 4 rings (SSSR count). The second-order valence-corrected chi connectivity index (χ2v) is 7.71. The van der Waals surface area contributed by atoms with Crippen molar-refractivity contribution in [2.45, 2.75) is 6.18 Å². The molecule has 1 heterocycles. The minimum Gasteiger partial charge on any atom is -0.478 e. The number of hydrogen-bond donors (Lipinski definition) is 2. The number of nitrogens with zero attached hydrogens (tertiary/aromatic N) is 3. The van der Waals surface area contributed by atoms with Crippen LogP contribution in [0.15, 0.2) is 88.4 Å². The van der Waals surface area contributed by atoms with E-state index in [2.05, 4.69) is 20.5 Å². The van der Waals surface area contributed by atoms with E-state index in [1.807, 2.05) is 6.07 Å². The summed E-state index contributed by atoms with van der Waals surface area (Å²) in [5.74, 6) is -1.05. The molecular formula is C23H15F3N4O2S. The Hall–Kier alpha value is -4.05. The molecule has 0 bridgehead atoms. The van der Waals surface area contributed by atoms with Crippen LogP contribution in [0.2, 0.25) is 0 Å². The van der Waals surface area contributed by atoms with Crippen molar-refractivity contribution in [3.63, 3.8) is 0 Å². The number of rotatable bonds is 6. The third-order valence-corrected chi connectivity index (χ3v) is 5.22. The maximum atomic E-state index is 12.9. The number of benzene rings is 3. The molecule has 0 spiro atoms. The Bertz CT molecular complexity index is 1340. The number of carbonyl (C=O) groups is 1. The number of hydrogen-bond acceptors (Lipinski definition) is 6. The van der Waals surface area contributed by atoms with E-state index in [1.165, 1.54) is 35.6 Å². The molecule has 0 atom stereocenters. The van der Waals surface area contributed by atoms with Crippen molar-refractivity contribution in [2.75, 3.05) is 5.32 Å². The van der Waals surface area contributed by atoms with E-state index in [0.29, 0.717) is 22.2 Å². The maximum absolute atomic E-state index is 12.9. The summed E-state index contributed by atoms with van der Waals surface area (Å²) in [6.07, 6.45) is -4.42. The van der Waals surface area contributed by atoms with E-state index < -0.39 is 17.7 Å². The molecule has 4 aromatic rings. The quantitative estimate of drug-likeness (QED) is 0.284. The highest BCUT2D eigenvalue weighted by atomic mass is 32.1. The molecule has 0 aliphatic carbocycles. The fourth-order valence-corrected chi connectivity index (χ4v) is 3.64. The van der Waals surface area contributed by atoms with Crippen LogP contribution >= 0.6 is 11.3 Å². The molecule has 0 saturated heterocycles. The lowest BCUT2D eigenvalue weighted by atomic mass is 10.1. The van der Waals surface area contributed by atoms with Crippen molar-refractivity contribution in [1.82, 2.24) is 4.98 Å². The van der Waals surface area contributed by atoms with Crippen LogP contribution < -0.4 is 5.32 Å². The first-order chi connectivity index (χ1) is 15.8. The van der Waals surface area contributed by atoms with Gasteiger partial charge in [0.15, 0.2) is 5.13 Å². The molecule has 2 N–H and O–H groups in total. The zero-order chi connectivity index (χ0) is 23.4. The van der Waals surface area contributed by atoms with Gasteiger partial charge in [-0.05, 0) is 48.5 Å². The van der Waals surface area contributed by atoms with Crippen LogP contribution in [-0.4, -0.2) is 16.1 Å². The highest BCUT2D eigenvalue weighted by molar-refractivity contribution is 7.14. The van der Waals surface area contributed by atoms with Crippen LogP contribution in [0.1, 0.15) is 15.9 Å². The number of nitrogens with one attached hydrogen (secondary N) is 1. The average Bonchev–Trinajstić information content (AvgIpc) is 3.26. The second-order valence-electron chi connectivity index (χ2n) is 6.85. The van der Waals surface area contributed by atoms with Gasteiger partial charge in [-0.2, -0.15) is 23.4 Å². The Morgan fingerprint density at radius 3 is 2.36 bits per heavy atom. The summed E-state index contributed by atoms with van der Waals surface area (Å²) in [7, 11) is 0. The minimum atomic E-state index is -4.42. The van der Waals surface area contributed by atoms with Crippen molar-refractivity contribution in [3.05, 3.63) is 89.3 Å². The summed E-state index contributed by atoms with van der Waals surface area (Å²) in [6, 6.07) is 18.1. The van der Waals surface area contributed by atoms with Crippen LogP contribution in [0, 0.1) is 0 Å². The van der Waals surface area contributed by atoms with Gasteiger partial charge in [0, 0.05) is 16.6 Å². The Morgan fingerprint density at radius 2 is 1.64 bits per heavy atom. The van der Waals surface area contributed by atoms with Crippen LogP contribution in [0.4, 0.5) is 35.4 Å². The van der Waals surface area contributed by atoms with E-state index in [-0.39, 0.29) is 11.3 Å². The molecule has 10 heteroatoms. The van der Waals surface area contributed by atoms with Crippen molar-refractivity contribution in [2.24, 2.45) is 10.2 Å². The lowest BCUT2D eigenvalue weighted by Gasteiger charge is -2.08. The lowest BCUT2D eigenvalue weighted by molar-refractivity contribution is -0.137.